The van der Waals surface area contributed by atoms with Crippen molar-refractivity contribution in [3.05, 3.63) is 24.3 Å². The van der Waals surface area contributed by atoms with Crippen molar-refractivity contribution in [2.45, 2.75) is 36.8 Å². The van der Waals surface area contributed by atoms with Gasteiger partial charge in [0.25, 0.3) is 0 Å². The fraction of sp³-hybridized carbons (Fsp3) is 0.611. The number of hydrogen-bond donors (Lipinski definition) is 2. The van der Waals surface area contributed by atoms with Gasteiger partial charge in [0.15, 0.2) is 0 Å². The zero-order chi connectivity index (χ0) is 19.4. The van der Waals surface area contributed by atoms with E-state index in [-0.39, 0.29) is 16.8 Å². The lowest BCUT2D eigenvalue weighted by atomic mass is 10.2. The largest absolute Gasteiger partial charge is 0.377 e. The fourth-order valence-corrected chi connectivity index (χ4v) is 4.07. The normalized spacial score (nSPS) is 23.3. The first kappa shape index (κ1) is 20.2. The lowest BCUT2D eigenvalue weighted by Crippen LogP contribution is -2.53. The van der Waals surface area contributed by atoms with Crippen LogP contribution in [0.5, 0.6) is 0 Å². The molecule has 0 spiro atoms. The lowest BCUT2D eigenvalue weighted by Gasteiger charge is -2.38. The number of benzene rings is 1. The van der Waals surface area contributed by atoms with Crippen LogP contribution in [0.15, 0.2) is 29.2 Å². The Bertz CT molecular complexity index is 739. The molecule has 0 aliphatic carbocycles. The zero-order valence-corrected chi connectivity index (χ0v) is 16.5. The first-order chi connectivity index (χ1) is 12.8. The number of hydrogen-bond acceptors (Lipinski definition) is 6. The third kappa shape index (κ3) is 5.49. The average molecular weight is 397 g/mol. The molecule has 2 atom stereocenters. The van der Waals surface area contributed by atoms with Crippen LogP contribution < -0.4 is 10.5 Å². The van der Waals surface area contributed by atoms with E-state index in [0.29, 0.717) is 11.8 Å². The van der Waals surface area contributed by atoms with Crippen LogP contribution in [0.2, 0.25) is 0 Å². The van der Waals surface area contributed by atoms with Gasteiger partial charge in [-0.2, -0.15) is 0 Å². The van der Waals surface area contributed by atoms with E-state index in [4.69, 9.17) is 9.88 Å². The van der Waals surface area contributed by atoms with Crippen LogP contribution in [0.1, 0.15) is 19.8 Å². The summed E-state index contributed by atoms with van der Waals surface area (Å²) in [7, 11) is -3.73. The molecule has 0 radical (unpaired) electrons. The molecule has 3 N–H and O–H groups in total. The van der Waals surface area contributed by atoms with Crippen molar-refractivity contribution in [3.63, 3.8) is 0 Å². The highest BCUT2D eigenvalue weighted by Gasteiger charge is 2.27. The molecule has 2 fully saturated rings. The van der Waals surface area contributed by atoms with Gasteiger partial charge in [-0.1, -0.05) is 0 Å². The van der Waals surface area contributed by atoms with E-state index in [9.17, 15) is 13.2 Å². The summed E-state index contributed by atoms with van der Waals surface area (Å²) in [5.74, 6) is -0.106. The molecular formula is C18H28N4O4S. The highest BCUT2D eigenvalue weighted by Crippen LogP contribution is 2.16. The predicted octanol–water partition coefficient (Wildman–Crippen LogP) is 0.458. The summed E-state index contributed by atoms with van der Waals surface area (Å²) in [6.45, 7) is 7.28. The number of piperazine rings is 1. The van der Waals surface area contributed by atoms with Gasteiger partial charge in [0.2, 0.25) is 15.9 Å². The second kappa shape index (κ2) is 8.66. The van der Waals surface area contributed by atoms with E-state index in [1.807, 2.05) is 6.92 Å². The van der Waals surface area contributed by atoms with E-state index >= 15 is 0 Å². The monoisotopic (exact) mass is 396 g/mol. The number of primary sulfonamides is 1. The molecular weight excluding hydrogens is 368 g/mol. The quantitative estimate of drug-likeness (QED) is 0.724. The summed E-state index contributed by atoms with van der Waals surface area (Å²) in [6.07, 6.45) is 2.65. The van der Waals surface area contributed by atoms with Crippen molar-refractivity contribution in [3.8, 4) is 0 Å². The average Bonchev–Trinajstić information content (AvgIpc) is 3.14. The minimum absolute atomic E-state index is 0.0240. The molecule has 1 amide bonds. The first-order valence-corrected chi connectivity index (χ1v) is 10.9. The van der Waals surface area contributed by atoms with Gasteiger partial charge in [-0.3, -0.25) is 14.6 Å². The molecule has 9 heteroatoms. The Labute approximate surface area is 160 Å². The van der Waals surface area contributed by atoms with E-state index < -0.39 is 10.0 Å². The molecule has 0 unspecified atom stereocenters. The van der Waals surface area contributed by atoms with E-state index in [1.165, 1.54) is 12.1 Å². The maximum absolute atomic E-state index is 12.5. The van der Waals surface area contributed by atoms with E-state index in [2.05, 4.69) is 15.1 Å². The van der Waals surface area contributed by atoms with Crippen molar-refractivity contribution in [1.82, 2.24) is 9.80 Å². The Morgan fingerprint density at radius 3 is 2.48 bits per heavy atom. The molecule has 8 nitrogen and oxygen atoms in total. The van der Waals surface area contributed by atoms with Gasteiger partial charge in [0.1, 0.15) is 0 Å². The lowest BCUT2D eigenvalue weighted by molar-refractivity contribution is -0.121. The molecule has 0 aromatic heterocycles. The minimum Gasteiger partial charge on any atom is -0.377 e. The molecule has 1 aromatic carbocycles. The number of sulfonamides is 1. The van der Waals surface area contributed by atoms with Crippen molar-refractivity contribution in [2.24, 2.45) is 5.14 Å². The fourth-order valence-electron chi connectivity index (χ4n) is 3.55. The smallest absolute Gasteiger partial charge is 0.241 e. The maximum Gasteiger partial charge on any atom is 0.241 e. The van der Waals surface area contributed by atoms with Crippen LogP contribution in [0.25, 0.3) is 0 Å². The summed E-state index contributed by atoms with van der Waals surface area (Å²) in [5.41, 5.74) is 0.552. The Balaban J connectivity index is 1.47. The number of nitrogens with one attached hydrogen (secondary N) is 1. The Kier molecular flexibility index (Phi) is 6.48. The molecule has 2 saturated heterocycles. The number of nitrogens with two attached hydrogens (primary N) is 1. The first-order valence-electron chi connectivity index (χ1n) is 9.34. The predicted molar refractivity (Wildman–Crippen MR) is 103 cm³/mol. The van der Waals surface area contributed by atoms with Gasteiger partial charge >= 0.3 is 0 Å². The van der Waals surface area contributed by atoms with Gasteiger partial charge in [-0.25, -0.2) is 13.6 Å². The number of carbonyl (C=O) groups is 1. The second-order valence-electron chi connectivity index (χ2n) is 7.21. The van der Waals surface area contributed by atoms with Crippen LogP contribution in [0, 0.1) is 0 Å². The van der Waals surface area contributed by atoms with Gasteiger partial charge in [0.05, 0.1) is 17.0 Å². The number of ether oxygens (including phenoxy) is 1. The summed E-state index contributed by atoms with van der Waals surface area (Å²) >= 11 is 0. The third-order valence-corrected chi connectivity index (χ3v) is 6.20. The van der Waals surface area contributed by atoms with Crippen molar-refractivity contribution >= 4 is 21.6 Å². The molecule has 150 valence electrons. The zero-order valence-electron chi connectivity index (χ0n) is 15.6. The van der Waals surface area contributed by atoms with Gasteiger partial charge in [0, 0.05) is 45.0 Å². The summed E-state index contributed by atoms with van der Waals surface area (Å²) < 4.78 is 28.3. The number of amides is 1. The number of rotatable bonds is 6. The topological polar surface area (TPSA) is 105 Å². The Hall–Kier alpha value is -1.52. The third-order valence-electron chi connectivity index (χ3n) is 5.27. The standard InChI is InChI=1S/C18H28N4O4S/c1-14(18(23)20-15-4-6-17(7-5-15)27(19,24)25)22-10-8-21(9-11-22)13-16-3-2-12-26-16/h4-7,14,16H,2-3,8-13H2,1H3,(H,20,23)(H2,19,24,25)/t14-,16+/m0/s1. The van der Waals surface area contributed by atoms with Gasteiger partial charge in [-0.05, 0) is 44.0 Å². The van der Waals surface area contributed by atoms with Crippen molar-refractivity contribution in [2.75, 3.05) is 44.6 Å². The van der Waals surface area contributed by atoms with Crippen LogP contribution in [-0.4, -0.2) is 75.6 Å². The molecule has 0 bridgehead atoms. The maximum atomic E-state index is 12.5. The van der Waals surface area contributed by atoms with E-state index in [1.54, 1.807) is 12.1 Å². The van der Waals surface area contributed by atoms with Crippen LogP contribution >= 0.6 is 0 Å². The van der Waals surface area contributed by atoms with Crippen LogP contribution in [0.3, 0.4) is 0 Å². The molecule has 3 rings (SSSR count). The number of carbonyl (C=O) groups excluding carboxylic acids is 1. The number of anilines is 1. The molecule has 0 saturated carbocycles. The van der Waals surface area contributed by atoms with Crippen molar-refractivity contribution in [1.29, 1.82) is 0 Å². The highest BCUT2D eigenvalue weighted by atomic mass is 32.2. The molecule has 2 heterocycles. The summed E-state index contributed by atoms with van der Waals surface area (Å²) in [5, 5.41) is 7.92. The molecule has 2 aliphatic rings. The van der Waals surface area contributed by atoms with Gasteiger partial charge < -0.3 is 10.1 Å². The van der Waals surface area contributed by atoms with Crippen LogP contribution in [-0.2, 0) is 19.6 Å². The van der Waals surface area contributed by atoms with E-state index in [0.717, 1.165) is 52.2 Å². The number of nitrogens with zero attached hydrogens (tertiary/aromatic N) is 2. The van der Waals surface area contributed by atoms with Gasteiger partial charge in [-0.15, -0.1) is 0 Å². The highest BCUT2D eigenvalue weighted by molar-refractivity contribution is 7.89. The second-order valence-corrected chi connectivity index (χ2v) is 8.77. The summed E-state index contributed by atoms with van der Waals surface area (Å²) in [4.78, 5) is 17.1. The van der Waals surface area contributed by atoms with Crippen LogP contribution in [0.4, 0.5) is 5.69 Å². The minimum atomic E-state index is -3.73. The Morgan fingerprint density at radius 1 is 1.26 bits per heavy atom. The summed E-state index contributed by atoms with van der Waals surface area (Å²) in [6, 6.07) is 5.61. The molecule has 1 aromatic rings. The van der Waals surface area contributed by atoms with Crippen molar-refractivity contribution < 1.29 is 17.9 Å². The molecule has 27 heavy (non-hydrogen) atoms. The molecule has 2 aliphatic heterocycles. The Morgan fingerprint density at radius 2 is 1.93 bits per heavy atom. The SMILES string of the molecule is C[C@@H](C(=O)Nc1ccc(S(N)(=O)=O)cc1)N1CCN(C[C@H]2CCCO2)CC1.